The van der Waals surface area contributed by atoms with Crippen molar-refractivity contribution in [1.29, 1.82) is 0 Å². The summed E-state index contributed by atoms with van der Waals surface area (Å²) in [6.45, 7) is 1.65. The van der Waals surface area contributed by atoms with E-state index in [0.717, 1.165) is 35.5 Å². The van der Waals surface area contributed by atoms with Crippen molar-refractivity contribution in [3.05, 3.63) is 95.0 Å². The zero-order valence-corrected chi connectivity index (χ0v) is 16.0. The van der Waals surface area contributed by atoms with E-state index in [1.54, 1.807) is 0 Å². The van der Waals surface area contributed by atoms with Crippen molar-refractivity contribution >= 4 is 33.0 Å². The first-order chi connectivity index (χ1) is 12.8. The summed E-state index contributed by atoms with van der Waals surface area (Å²) in [5.41, 5.74) is 4.61. The van der Waals surface area contributed by atoms with Gasteiger partial charge in [0.15, 0.2) is 0 Å². The normalized spacial score (nSPS) is 14.7. The van der Waals surface area contributed by atoms with E-state index in [1.165, 1.54) is 11.3 Å². The number of hydrogen-bond donors (Lipinski definition) is 0. The SMILES string of the molecule is Brc1ccc(N2CCC(c3ccccc3)=NN(c3ccccc3)C2)cc1. The first-order valence-corrected chi connectivity index (χ1v) is 9.55. The third kappa shape index (κ3) is 3.81. The average molecular weight is 406 g/mol. The van der Waals surface area contributed by atoms with Crippen LogP contribution in [0.15, 0.2) is 94.5 Å². The molecule has 1 aliphatic heterocycles. The second-order valence-electron chi connectivity index (χ2n) is 6.28. The predicted molar refractivity (Wildman–Crippen MR) is 113 cm³/mol. The Kier molecular flexibility index (Phi) is 5.02. The molecule has 0 saturated heterocycles. The van der Waals surface area contributed by atoms with Crippen molar-refractivity contribution < 1.29 is 0 Å². The van der Waals surface area contributed by atoms with Crippen molar-refractivity contribution in [2.45, 2.75) is 6.42 Å². The zero-order chi connectivity index (χ0) is 17.8. The molecule has 0 spiro atoms. The highest BCUT2D eigenvalue weighted by atomic mass is 79.9. The van der Waals surface area contributed by atoms with Gasteiger partial charge in [0.25, 0.3) is 0 Å². The Morgan fingerprint density at radius 3 is 2.08 bits per heavy atom. The molecule has 0 aromatic heterocycles. The van der Waals surface area contributed by atoms with Crippen LogP contribution in [-0.4, -0.2) is 18.9 Å². The molecule has 1 heterocycles. The van der Waals surface area contributed by atoms with Gasteiger partial charge in [-0.1, -0.05) is 64.5 Å². The standard InChI is InChI=1S/C22H20BrN3/c23-19-11-13-20(14-12-19)25-16-15-22(18-7-3-1-4-8-18)24-26(17-25)21-9-5-2-6-10-21/h1-14H,15-17H2. The molecule has 4 heteroatoms. The molecule has 1 aliphatic rings. The van der Waals surface area contributed by atoms with Gasteiger partial charge in [0.1, 0.15) is 6.67 Å². The fraction of sp³-hybridized carbons (Fsp3) is 0.136. The molecule has 0 amide bonds. The lowest BCUT2D eigenvalue weighted by atomic mass is 10.1. The zero-order valence-electron chi connectivity index (χ0n) is 14.4. The highest BCUT2D eigenvalue weighted by Crippen LogP contribution is 2.24. The molecule has 0 aliphatic carbocycles. The van der Waals surface area contributed by atoms with Crippen LogP contribution >= 0.6 is 15.9 Å². The van der Waals surface area contributed by atoms with Gasteiger partial charge in [0.2, 0.25) is 0 Å². The van der Waals surface area contributed by atoms with Gasteiger partial charge in [-0.05, 0) is 42.0 Å². The molecule has 0 fully saturated rings. The van der Waals surface area contributed by atoms with Crippen LogP contribution in [0.25, 0.3) is 0 Å². The Bertz CT molecular complexity index is 876. The molecule has 0 atom stereocenters. The maximum absolute atomic E-state index is 5.01. The minimum absolute atomic E-state index is 0.724. The molecule has 26 heavy (non-hydrogen) atoms. The smallest absolute Gasteiger partial charge is 0.112 e. The van der Waals surface area contributed by atoms with E-state index in [0.29, 0.717) is 0 Å². The maximum atomic E-state index is 5.01. The Labute approximate surface area is 162 Å². The molecular weight excluding hydrogens is 386 g/mol. The average Bonchev–Trinajstić information content (AvgIpc) is 2.93. The van der Waals surface area contributed by atoms with Crippen LogP contribution in [0.2, 0.25) is 0 Å². The number of halogens is 1. The van der Waals surface area contributed by atoms with Gasteiger partial charge < -0.3 is 4.90 Å². The fourth-order valence-corrected chi connectivity index (χ4v) is 3.40. The van der Waals surface area contributed by atoms with Crippen LogP contribution in [0.5, 0.6) is 0 Å². The number of rotatable bonds is 3. The molecule has 3 nitrogen and oxygen atoms in total. The molecule has 130 valence electrons. The van der Waals surface area contributed by atoms with Crippen molar-refractivity contribution in [1.82, 2.24) is 0 Å². The Morgan fingerprint density at radius 2 is 1.38 bits per heavy atom. The van der Waals surface area contributed by atoms with Crippen LogP contribution in [0.1, 0.15) is 12.0 Å². The monoisotopic (exact) mass is 405 g/mol. The minimum Gasteiger partial charge on any atom is -0.352 e. The molecule has 0 unspecified atom stereocenters. The van der Waals surface area contributed by atoms with Gasteiger partial charge in [0, 0.05) is 23.1 Å². The molecule has 0 saturated carbocycles. The van der Waals surface area contributed by atoms with E-state index < -0.39 is 0 Å². The van der Waals surface area contributed by atoms with Gasteiger partial charge in [-0.25, -0.2) is 5.01 Å². The van der Waals surface area contributed by atoms with E-state index in [9.17, 15) is 0 Å². The molecule has 4 rings (SSSR count). The molecule has 3 aromatic carbocycles. The fourth-order valence-electron chi connectivity index (χ4n) is 3.14. The van der Waals surface area contributed by atoms with Crippen molar-refractivity contribution in [2.24, 2.45) is 5.10 Å². The van der Waals surface area contributed by atoms with E-state index >= 15 is 0 Å². The summed E-state index contributed by atoms with van der Waals surface area (Å²) < 4.78 is 1.09. The van der Waals surface area contributed by atoms with Crippen LogP contribution in [0.3, 0.4) is 0 Å². The topological polar surface area (TPSA) is 18.8 Å². The maximum Gasteiger partial charge on any atom is 0.112 e. The minimum atomic E-state index is 0.724. The van der Waals surface area contributed by atoms with Crippen LogP contribution in [0.4, 0.5) is 11.4 Å². The van der Waals surface area contributed by atoms with E-state index in [2.05, 4.69) is 98.6 Å². The predicted octanol–water partition coefficient (Wildman–Crippen LogP) is 5.53. The number of hydrogen-bond acceptors (Lipinski definition) is 3. The summed E-state index contributed by atoms with van der Waals surface area (Å²) in [4.78, 5) is 2.37. The number of nitrogens with zero attached hydrogens (tertiary/aromatic N) is 3. The van der Waals surface area contributed by atoms with Crippen molar-refractivity contribution in [3.8, 4) is 0 Å². The first-order valence-electron chi connectivity index (χ1n) is 8.75. The highest BCUT2D eigenvalue weighted by molar-refractivity contribution is 9.10. The van der Waals surface area contributed by atoms with Crippen LogP contribution in [-0.2, 0) is 0 Å². The van der Waals surface area contributed by atoms with E-state index in [-0.39, 0.29) is 0 Å². The third-order valence-corrected chi connectivity index (χ3v) is 5.05. The summed E-state index contributed by atoms with van der Waals surface area (Å²) in [5.74, 6) is 0. The van der Waals surface area contributed by atoms with E-state index in [1.807, 2.05) is 12.1 Å². The van der Waals surface area contributed by atoms with Crippen molar-refractivity contribution in [3.63, 3.8) is 0 Å². The van der Waals surface area contributed by atoms with Crippen molar-refractivity contribution in [2.75, 3.05) is 23.1 Å². The third-order valence-electron chi connectivity index (χ3n) is 4.52. The van der Waals surface area contributed by atoms with Gasteiger partial charge >= 0.3 is 0 Å². The quantitative estimate of drug-likeness (QED) is 0.570. The second-order valence-corrected chi connectivity index (χ2v) is 7.19. The van der Waals surface area contributed by atoms with Crippen LogP contribution < -0.4 is 9.91 Å². The number of hydrazone groups is 1. The molecule has 0 bridgehead atoms. The van der Waals surface area contributed by atoms with E-state index in [4.69, 9.17) is 5.10 Å². The Morgan fingerprint density at radius 1 is 0.731 bits per heavy atom. The summed E-state index contributed by atoms with van der Waals surface area (Å²) in [7, 11) is 0. The number of benzene rings is 3. The van der Waals surface area contributed by atoms with Gasteiger partial charge in [0.05, 0.1) is 11.4 Å². The number of anilines is 2. The van der Waals surface area contributed by atoms with Gasteiger partial charge in [-0.2, -0.15) is 5.10 Å². The Balaban J connectivity index is 1.69. The molecular formula is C22H20BrN3. The van der Waals surface area contributed by atoms with Gasteiger partial charge in [-0.3, -0.25) is 0 Å². The summed E-state index contributed by atoms with van der Waals surface area (Å²) >= 11 is 3.52. The first kappa shape index (κ1) is 16.9. The van der Waals surface area contributed by atoms with Gasteiger partial charge in [-0.15, -0.1) is 0 Å². The summed E-state index contributed by atoms with van der Waals surface area (Å²) in [5, 5.41) is 7.10. The largest absolute Gasteiger partial charge is 0.352 e. The lowest BCUT2D eigenvalue weighted by molar-refractivity contribution is 0.776. The lowest BCUT2D eigenvalue weighted by Crippen LogP contribution is -2.34. The molecule has 3 aromatic rings. The number of para-hydroxylation sites is 1. The highest BCUT2D eigenvalue weighted by Gasteiger charge is 2.19. The molecule has 0 radical (unpaired) electrons. The summed E-state index contributed by atoms with van der Waals surface area (Å²) in [6.07, 6.45) is 0.906. The summed E-state index contributed by atoms with van der Waals surface area (Å²) in [6, 6.07) is 29.3. The lowest BCUT2D eigenvalue weighted by Gasteiger charge is -2.28. The molecule has 0 N–H and O–H groups in total. The Hall–Kier alpha value is -2.59. The second kappa shape index (κ2) is 7.75. The van der Waals surface area contributed by atoms with Crippen LogP contribution in [0, 0.1) is 0 Å².